The number of nitrogens with one attached hydrogen (secondary N) is 2. The highest BCUT2D eigenvalue weighted by Gasteiger charge is 2.27. The van der Waals surface area contributed by atoms with Gasteiger partial charge in [0, 0.05) is 39.8 Å². The zero-order chi connectivity index (χ0) is 19.1. The molecule has 1 aromatic carbocycles. The van der Waals surface area contributed by atoms with Crippen molar-refractivity contribution in [2.24, 2.45) is 4.99 Å². The van der Waals surface area contributed by atoms with Crippen LogP contribution >= 0.6 is 24.0 Å². The molecule has 1 fully saturated rings. The van der Waals surface area contributed by atoms with E-state index in [-0.39, 0.29) is 48.2 Å². The maximum absolute atomic E-state index is 14.0. The third-order valence-electron chi connectivity index (χ3n) is 4.07. The highest BCUT2D eigenvalue weighted by atomic mass is 127. The van der Waals surface area contributed by atoms with Crippen molar-refractivity contribution in [2.75, 3.05) is 45.2 Å². The van der Waals surface area contributed by atoms with Crippen molar-refractivity contribution < 1.29 is 13.6 Å². The van der Waals surface area contributed by atoms with E-state index >= 15 is 0 Å². The monoisotopic (exact) mass is 493 g/mol. The summed E-state index contributed by atoms with van der Waals surface area (Å²) in [5.41, 5.74) is -0.00266. The third-order valence-corrected chi connectivity index (χ3v) is 4.07. The molecular formula is C18H26F2IN5O. The van der Waals surface area contributed by atoms with Crippen LogP contribution < -0.4 is 15.5 Å². The minimum atomic E-state index is -0.569. The maximum atomic E-state index is 14.0. The van der Waals surface area contributed by atoms with Gasteiger partial charge in [0.2, 0.25) is 5.91 Å². The number of benzene rings is 1. The molecule has 0 saturated carbocycles. The van der Waals surface area contributed by atoms with Gasteiger partial charge in [0.1, 0.15) is 23.9 Å². The van der Waals surface area contributed by atoms with E-state index in [1.807, 2.05) is 0 Å². The van der Waals surface area contributed by atoms with Gasteiger partial charge >= 0.3 is 0 Å². The van der Waals surface area contributed by atoms with Gasteiger partial charge < -0.3 is 20.4 Å². The number of amides is 1. The van der Waals surface area contributed by atoms with Crippen molar-refractivity contribution in [3.8, 4) is 0 Å². The molecule has 0 bridgehead atoms. The van der Waals surface area contributed by atoms with Crippen LogP contribution in [0.15, 0.2) is 35.8 Å². The van der Waals surface area contributed by atoms with Gasteiger partial charge in [0.15, 0.2) is 5.96 Å². The molecule has 0 spiro atoms. The number of guanidine groups is 1. The van der Waals surface area contributed by atoms with Crippen LogP contribution in [0.3, 0.4) is 0 Å². The van der Waals surface area contributed by atoms with Gasteiger partial charge in [-0.1, -0.05) is 12.1 Å². The Labute approximate surface area is 175 Å². The van der Waals surface area contributed by atoms with E-state index in [2.05, 4.69) is 22.2 Å². The molecule has 6 nitrogen and oxygen atoms in total. The van der Waals surface area contributed by atoms with Gasteiger partial charge in [0.25, 0.3) is 0 Å². The van der Waals surface area contributed by atoms with Gasteiger partial charge in [-0.3, -0.25) is 4.79 Å². The SMILES string of the molecule is C=CCNC(=NCC(=O)N(C)C)NC1CCN(c2c(F)cccc2F)C1.I. The number of likely N-dealkylation sites (N-methyl/N-ethyl adjacent to an activating group) is 1. The largest absolute Gasteiger partial charge is 0.365 e. The normalized spacial score (nSPS) is 16.5. The van der Waals surface area contributed by atoms with Gasteiger partial charge in [-0.2, -0.15) is 0 Å². The van der Waals surface area contributed by atoms with Crippen molar-refractivity contribution >= 4 is 41.5 Å². The fourth-order valence-electron chi connectivity index (χ4n) is 2.68. The number of hydrogen-bond acceptors (Lipinski definition) is 3. The second-order valence-corrected chi connectivity index (χ2v) is 6.27. The molecule has 2 rings (SSSR count). The average Bonchev–Trinajstić information content (AvgIpc) is 3.04. The second-order valence-electron chi connectivity index (χ2n) is 6.27. The first-order chi connectivity index (χ1) is 12.4. The van der Waals surface area contributed by atoms with Crippen LogP contribution in [0.4, 0.5) is 14.5 Å². The summed E-state index contributed by atoms with van der Waals surface area (Å²) in [4.78, 5) is 19.1. The number of nitrogens with zero attached hydrogens (tertiary/aromatic N) is 3. The standard InChI is InChI=1S/C18H25F2N5O.HI/c1-4-9-21-18(22-11-16(26)24(2)3)23-13-8-10-25(12-13)17-14(19)6-5-7-15(17)20;/h4-7,13H,1,8-12H2,2-3H3,(H2,21,22,23);1H. The first-order valence-electron chi connectivity index (χ1n) is 8.47. The predicted octanol–water partition coefficient (Wildman–Crippen LogP) is 1.97. The average molecular weight is 493 g/mol. The lowest BCUT2D eigenvalue weighted by molar-refractivity contribution is -0.127. The molecule has 150 valence electrons. The molecule has 2 N–H and O–H groups in total. The first kappa shape index (κ1) is 23.1. The molecule has 0 radical (unpaired) electrons. The molecule has 1 unspecified atom stereocenters. The van der Waals surface area contributed by atoms with E-state index in [0.717, 1.165) is 0 Å². The molecule has 1 atom stereocenters. The molecule has 1 aliphatic rings. The Balaban J connectivity index is 0.00000364. The summed E-state index contributed by atoms with van der Waals surface area (Å²) in [5, 5.41) is 6.27. The number of carbonyl (C=O) groups is 1. The van der Waals surface area contributed by atoms with Crippen LogP contribution in [0.1, 0.15) is 6.42 Å². The minimum Gasteiger partial charge on any atom is -0.365 e. The van der Waals surface area contributed by atoms with Crippen LogP contribution in [0.25, 0.3) is 0 Å². The molecule has 0 aliphatic carbocycles. The molecule has 1 aliphatic heterocycles. The Bertz CT molecular complexity index is 663. The van der Waals surface area contributed by atoms with Crippen molar-refractivity contribution in [1.82, 2.24) is 15.5 Å². The number of anilines is 1. The molecule has 1 amide bonds. The van der Waals surface area contributed by atoms with Gasteiger partial charge in [-0.25, -0.2) is 13.8 Å². The van der Waals surface area contributed by atoms with E-state index in [0.29, 0.717) is 32.0 Å². The summed E-state index contributed by atoms with van der Waals surface area (Å²) >= 11 is 0. The highest BCUT2D eigenvalue weighted by molar-refractivity contribution is 14.0. The quantitative estimate of drug-likeness (QED) is 0.276. The smallest absolute Gasteiger partial charge is 0.243 e. The Hall–Kier alpha value is -1.91. The number of hydrogen-bond donors (Lipinski definition) is 2. The van der Waals surface area contributed by atoms with E-state index in [1.54, 1.807) is 25.1 Å². The fourth-order valence-corrected chi connectivity index (χ4v) is 2.68. The second kappa shape index (κ2) is 11.1. The van der Waals surface area contributed by atoms with Gasteiger partial charge in [0.05, 0.1) is 0 Å². The Morgan fingerprint density at radius 1 is 1.41 bits per heavy atom. The molecule has 1 heterocycles. The highest BCUT2D eigenvalue weighted by Crippen LogP contribution is 2.26. The Kier molecular flexibility index (Phi) is 9.47. The van der Waals surface area contributed by atoms with Crippen molar-refractivity contribution in [2.45, 2.75) is 12.5 Å². The summed E-state index contributed by atoms with van der Waals surface area (Å²) in [6.45, 7) is 5.11. The molecule has 0 aromatic heterocycles. The van der Waals surface area contributed by atoms with E-state index in [9.17, 15) is 13.6 Å². The summed E-state index contributed by atoms with van der Waals surface area (Å²) in [6.07, 6.45) is 2.38. The van der Waals surface area contributed by atoms with Crippen molar-refractivity contribution in [1.29, 1.82) is 0 Å². The van der Waals surface area contributed by atoms with Gasteiger partial charge in [-0.05, 0) is 18.6 Å². The van der Waals surface area contributed by atoms with Crippen molar-refractivity contribution in [3.63, 3.8) is 0 Å². The lowest BCUT2D eigenvalue weighted by Gasteiger charge is -2.21. The fraction of sp³-hybridized carbons (Fsp3) is 0.444. The van der Waals surface area contributed by atoms with Crippen LogP contribution in [-0.4, -0.2) is 63.1 Å². The predicted molar refractivity (Wildman–Crippen MR) is 115 cm³/mol. The maximum Gasteiger partial charge on any atom is 0.243 e. The Morgan fingerprint density at radius 2 is 2.07 bits per heavy atom. The molecule has 9 heteroatoms. The molecule has 27 heavy (non-hydrogen) atoms. The number of rotatable bonds is 6. The molecule has 1 saturated heterocycles. The van der Waals surface area contributed by atoms with Crippen LogP contribution in [0.5, 0.6) is 0 Å². The van der Waals surface area contributed by atoms with Crippen LogP contribution in [0.2, 0.25) is 0 Å². The number of carbonyl (C=O) groups excluding carboxylic acids is 1. The van der Waals surface area contributed by atoms with E-state index < -0.39 is 11.6 Å². The third kappa shape index (κ3) is 6.64. The topological polar surface area (TPSA) is 60.0 Å². The summed E-state index contributed by atoms with van der Waals surface area (Å²) in [5.74, 6) is -0.783. The van der Waals surface area contributed by atoms with Crippen molar-refractivity contribution in [3.05, 3.63) is 42.5 Å². The first-order valence-corrected chi connectivity index (χ1v) is 8.47. The Morgan fingerprint density at radius 3 is 2.67 bits per heavy atom. The van der Waals surface area contributed by atoms with Crippen LogP contribution in [0, 0.1) is 11.6 Å². The summed E-state index contributed by atoms with van der Waals surface area (Å²) < 4.78 is 27.9. The molecule has 1 aromatic rings. The zero-order valence-electron chi connectivity index (χ0n) is 15.5. The summed E-state index contributed by atoms with van der Waals surface area (Å²) in [6, 6.07) is 3.82. The lowest BCUT2D eigenvalue weighted by Crippen LogP contribution is -2.45. The minimum absolute atomic E-state index is 0. The lowest BCUT2D eigenvalue weighted by atomic mass is 10.2. The number of halogens is 3. The summed E-state index contributed by atoms with van der Waals surface area (Å²) in [7, 11) is 3.33. The van der Waals surface area contributed by atoms with Gasteiger partial charge in [-0.15, -0.1) is 30.6 Å². The van der Waals surface area contributed by atoms with E-state index in [1.165, 1.54) is 23.1 Å². The number of para-hydroxylation sites is 1. The molecular weight excluding hydrogens is 467 g/mol. The van der Waals surface area contributed by atoms with E-state index in [4.69, 9.17) is 0 Å². The zero-order valence-corrected chi connectivity index (χ0v) is 17.9. The number of aliphatic imine (C=N–C) groups is 1. The van der Waals surface area contributed by atoms with Crippen LogP contribution in [-0.2, 0) is 4.79 Å².